The average Bonchev–Trinajstić information content (AvgIpc) is 2.37. The van der Waals surface area contributed by atoms with Crippen LogP contribution in [0.3, 0.4) is 0 Å². The summed E-state index contributed by atoms with van der Waals surface area (Å²) in [5.41, 5.74) is 1.10. The fourth-order valence-electron chi connectivity index (χ4n) is 1.64. The number of aliphatic hydroxyl groups is 1. The minimum absolute atomic E-state index is 0.0571. The minimum atomic E-state index is -0.237. The summed E-state index contributed by atoms with van der Waals surface area (Å²) in [6.45, 7) is 3.90. The van der Waals surface area contributed by atoms with E-state index >= 15 is 0 Å². The molecule has 0 heterocycles. The standard InChI is InChI=1S/C14H20BrNO2/c1-10(2)13(15)14(18)16-12(9-17)8-11-6-4-3-5-7-11/h3-7,10,12-13,17H,8-9H2,1-2H3,(H,16,18)/t12-,13?/m0/s1. The number of carbonyl (C=O) groups excluding carboxylic acids is 1. The molecule has 0 saturated carbocycles. The van der Waals surface area contributed by atoms with Crippen LogP contribution in [0.1, 0.15) is 19.4 Å². The van der Waals surface area contributed by atoms with Crippen molar-refractivity contribution < 1.29 is 9.90 Å². The molecule has 0 aliphatic rings. The van der Waals surface area contributed by atoms with Gasteiger partial charge in [0.2, 0.25) is 5.91 Å². The average molecular weight is 314 g/mol. The Hall–Kier alpha value is -0.870. The molecule has 1 aromatic rings. The van der Waals surface area contributed by atoms with Crippen molar-refractivity contribution in [1.29, 1.82) is 0 Å². The highest BCUT2D eigenvalue weighted by Gasteiger charge is 2.21. The molecule has 3 nitrogen and oxygen atoms in total. The van der Waals surface area contributed by atoms with Crippen molar-refractivity contribution in [2.24, 2.45) is 5.92 Å². The quantitative estimate of drug-likeness (QED) is 0.790. The van der Waals surface area contributed by atoms with Crippen molar-refractivity contribution in [3.63, 3.8) is 0 Å². The van der Waals surface area contributed by atoms with Crippen LogP contribution in [0.5, 0.6) is 0 Å². The molecule has 0 aliphatic heterocycles. The number of aliphatic hydroxyl groups excluding tert-OH is 1. The van der Waals surface area contributed by atoms with Gasteiger partial charge in [0.05, 0.1) is 17.5 Å². The molecule has 2 atom stereocenters. The van der Waals surface area contributed by atoms with Gasteiger partial charge in [-0.1, -0.05) is 60.1 Å². The molecule has 100 valence electrons. The Labute approximate surface area is 117 Å². The summed E-state index contributed by atoms with van der Waals surface area (Å²) in [4.78, 5) is 11.7. The van der Waals surface area contributed by atoms with Crippen LogP contribution in [0.4, 0.5) is 0 Å². The van der Waals surface area contributed by atoms with Gasteiger partial charge in [0.1, 0.15) is 0 Å². The van der Waals surface area contributed by atoms with Gasteiger partial charge in [-0.25, -0.2) is 0 Å². The number of carbonyl (C=O) groups is 1. The van der Waals surface area contributed by atoms with Crippen LogP contribution in [0, 0.1) is 5.92 Å². The molecule has 0 saturated heterocycles. The highest BCUT2D eigenvalue weighted by molar-refractivity contribution is 9.10. The third kappa shape index (κ3) is 4.78. The van der Waals surface area contributed by atoms with E-state index in [1.807, 2.05) is 44.2 Å². The zero-order chi connectivity index (χ0) is 13.5. The number of rotatable bonds is 6. The van der Waals surface area contributed by atoms with E-state index in [0.29, 0.717) is 6.42 Å². The van der Waals surface area contributed by atoms with Gasteiger partial charge in [-0.05, 0) is 17.9 Å². The number of amides is 1. The maximum Gasteiger partial charge on any atom is 0.234 e. The smallest absolute Gasteiger partial charge is 0.234 e. The summed E-state index contributed by atoms with van der Waals surface area (Å²) < 4.78 is 0. The van der Waals surface area contributed by atoms with Crippen molar-refractivity contribution in [2.45, 2.75) is 31.1 Å². The number of hydrogen-bond donors (Lipinski definition) is 2. The Morgan fingerprint density at radius 2 is 1.94 bits per heavy atom. The van der Waals surface area contributed by atoms with E-state index in [2.05, 4.69) is 21.2 Å². The second-order valence-corrected chi connectivity index (χ2v) is 5.71. The van der Waals surface area contributed by atoms with Gasteiger partial charge >= 0.3 is 0 Å². The molecule has 2 N–H and O–H groups in total. The van der Waals surface area contributed by atoms with Gasteiger partial charge in [-0.15, -0.1) is 0 Å². The van der Waals surface area contributed by atoms with Crippen molar-refractivity contribution in [3.8, 4) is 0 Å². The van der Waals surface area contributed by atoms with Crippen LogP contribution in [0.15, 0.2) is 30.3 Å². The first-order valence-electron chi connectivity index (χ1n) is 6.13. The third-order valence-electron chi connectivity index (χ3n) is 2.73. The van der Waals surface area contributed by atoms with Crippen molar-refractivity contribution in [3.05, 3.63) is 35.9 Å². The van der Waals surface area contributed by atoms with Crippen LogP contribution in [-0.2, 0) is 11.2 Å². The molecule has 0 aromatic heterocycles. The monoisotopic (exact) mass is 313 g/mol. The fourth-order valence-corrected chi connectivity index (χ4v) is 1.78. The van der Waals surface area contributed by atoms with Crippen molar-refractivity contribution >= 4 is 21.8 Å². The van der Waals surface area contributed by atoms with Gasteiger partial charge in [0.25, 0.3) is 0 Å². The molecule has 18 heavy (non-hydrogen) atoms. The van der Waals surface area contributed by atoms with Crippen LogP contribution in [-0.4, -0.2) is 28.5 Å². The summed E-state index contributed by atoms with van der Waals surface area (Å²) in [5, 5.41) is 12.2. The molecule has 0 fully saturated rings. The lowest BCUT2D eigenvalue weighted by atomic mass is 10.1. The van der Waals surface area contributed by atoms with Gasteiger partial charge in [-0.2, -0.15) is 0 Å². The second kappa shape index (κ2) is 7.54. The molecule has 1 amide bonds. The highest BCUT2D eigenvalue weighted by Crippen LogP contribution is 2.12. The molecule has 0 bridgehead atoms. The lowest BCUT2D eigenvalue weighted by Gasteiger charge is -2.20. The Bertz CT molecular complexity index is 367. The van der Waals surface area contributed by atoms with Gasteiger partial charge < -0.3 is 10.4 Å². The normalized spacial score (nSPS) is 14.3. The largest absolute Gasteiger partial charge is 0.394 e. The number of alkyl halides is 1. The Kier molecular flexibility index (Phi) is 6.36. The Morgan fingerprint density at radius 3 is 2.44 bits per heavy atom. The highest BCUT2D eigenvalue weighted by atomic mass is 79.9. The summed E-state index contributed by atoms with van der Waals surface area (Å²) in [6, 6.07) is 9.59. The molecule has 0 radical (unpaired) electrons. The first-order chi connectivity index (χ1) is 8.54. The van der Waals surface area contributed by atoms with Gasteiger partial charge in [-0.3, -0.25) is 4.79 Å². The van der Waals surface area contributed by atoms with Crippen molar-refractivity contribution in [2.75, 3.05) is 6.61 Å². The molecule has 1 aromatic carbocycles. The predicted molar refractivity (Wildman–Crippen MR) is 76.7 cm³/mol. The fraction of sp³-hybridized carbons (Fsp3) is 0.500. The molecule has 1 unspecified atom stereocenters. The molecule has 1 rings (SSSR count). The minimum Gasteiger partial charge on any atom is -0.394 e. The molecule has 4 heteroatoms. The molecule has 0 spiro atoms. The van der Waals surface area contributed by atoms with Crippen molar-refractivity contribution in [1.82, 2.24) is 5.32 Å². The number of hydrogen-bond acceptors (Lipinski definition) is 2. The predicted octanol–water partition coefficient (Wildman–Crippen LogP) is 2.13. The van der Waals surface area contributed by atoms with E-state index in [1.54, 1.807) is 0 Å². The lowest BCUT2D eigenvalue weighted by Crippen LogP contribution is -2.44. The summed E-state index contributed by atoms with van der Waals surface area (Å²) in [7, 11) is 0. The zero-order valence-corrected chi connectivity index (χ0v) is 12.4. The first-order valence-corrected chi connectivity index (χ1v) is 7.05. The van der Waals surface area contributed by atoms with Crippen LogP contribution < -0.4 is 5.32 Å². The maximum atomic E-state index is 11.9. The van der Waals surface area contributed by atoms with Crippen LogP contribution in [0.25, 0.3) is 0 Å². The number of halogens is 1. The van der Waals surface area contributed by atoms with Crippen LogP contribution in [0.2, 0.25) is 0 Å². The topological polar surface area (TPSA) is 49.3 Å². The first kappa shape index (κ1) is 15.2. The van der Waals surface area contributed by atoms with E-state index in [4.69, 9.17) is 0 Å². The van der Waals surface area contributed by atoms with Gasteiger partial charge in [0.15, 0.2) is 0 Å². The number of nitrogens with one attached hydrogen (secondary N) is 1. The van der Waals surface area contributed by atoms with E-state index < -0.39 is 0 Å². The maximum absolute atomic E-state index is 11.9. The molecular weight excluding hydrogens is 294 g/mol. The molecule has 0 aliphatic carbocycles. The third-order valence-corrected chi connectivity index (χ3v) is 4.20. The lowest BCUT2D eigenvalue weighted by molar-refractivity contribution is -0.122. The summed E-state index contributed by atoms with van der Waals surface area (Å²) >= 11 is 3.36. The summed E-state index contributed by atoms with van der Waals surface area (Å²) in [5.74, 6) is 0.154. The van der Waals surface area contributed by atoms with Gasteiger partial charge in [0, 0.05) is 0 Å². The molecular formula is C14H20BrNO2. The second-order valence-electron chi connectivity index (χ2n) is 4.72. The number of benzene rings is 1. The van der Waals surface area contributed by atoms with E-state index in [-0.39, 0.29) is 29.3 Å². The van der Waals surface area contributed by atoms with Crippen LogP contribution >= 0.6 is 15.9 Å². The Balaban J connectivity index is 2.55. The van der Waals surface area contributed by atoms with E-state index in [0.717, 1.165) is 5.56 Å². The SMILES string of the molecule is CC(C)C(Br)C(=O)N[C@H](CO)Cc1ccccc1. The van der Waals surface area contributed by atoms with E-state index in [1.165, 1.54) is 0 Å². The Morgan fingerprint density at radius 1 is 1.33 bits per heavy atom. The summed E-state index contributed by atoms with van der Waals surface area (Å²) in [6.07, 6.45) is 0.640. The van der Waals surface area contributed by atoms with E-state index in [9.17, 15) is 9.90 Å². The zero-order valence-electron chi connectivity index (χ0n) is 10.8.